The van der Waals surface area contributed by atoms with Gasteiger partial charge in [0.05, 0.1) is 5.39 Å². The van der Waals surface area contributed by atoms with E-state index >= 15 is 0 Å². The Morgan fingerprint density at radius 3 is 2.68 bits per heavy atom. The first-order chi connectivity index (χ1) is 10.6. The molecule has 0 atom stereocenters. The molecule has 3 aromatic rings. The van der Waals surface area contributed by atoms with Crippen LogP contribution in [0.25, 0.3) is 11.0 Å². The fourth-order valence-electron chi connectivity index (χ4n) is 2.22. The third-order valence-electron chi connectivity index (χ3n) is 3.42. The summed E-state index contributed by atoms with van der Waals surface area (Å²) in [5.74, 6) is 0.693. The van der Waals surface area contributed by atoms with E-state index in [1.807, 2.05) is 12.1 Å². The molecule has 6 nitrogen and oxygen atoms in total. The number of fused-ring (bicyclic) bond motifs is 1. The van der Waals surface area contributed by atoms with Gasteiger partial charge in [0, 0.05) is 43.3 Å². The third kappa shape index (κ3) is 2.43. The first-order valence-corrected chi connectivity index (χ1v) is 7.64. The largest absolute Gasteiger partial charge is 0.332 e. The summed E-state index contributed by atoms with van der Waals surface area (Å²) >= 11 is 1.53. The van der Waals surface area contributed by atoms with Crippen LogP contribution in [0.15, 0.2) is 51.3 Å². The lowest BCUT2D eigenvalue weighted by molar-refractivity contribution is 0.706. The molecule has 0 bridgehead atoms. The summed E-state index contributed by atoms with van der Waals surface area (Å²) in [6.45, 7) is 0. The van der Waals surface area contributed by atoms with Crippen molar-refractivity contribution in [3.05, 3.63) is 63.2 Å². The van der Waals surface area contributed by atoms with Gasteiger partial charge < -0.3 is 0 Å². The Hall–Kier alpha value is -2.41. The number of aromatic nitrogens is 4. The van der Waals surface area contributed by atoms with Crippen LogP contribution >= 0.6 is 11.8 Å². The number of hydrogen-bond acceptors (Lipinski definition) is 5. The quantitative estimate of drug-likeness (QED) is 0.682. The van der Waals surface area contributed by atoms with Crippen LogP contribution < -0.4 is 11.2 Å². The minimum atomic E-state index is -0.376. The monoisotopic (exact) mass is 314 g/mol. The summed E-state index contributed by atoms with van der Waals surface area (Å²) in [6, 6.07) is 5.66. The molecular weight excluding hydrogens is 300 g/mol. The van der Waals surface area contributed by atoms with Crippen molar-refractivity contribution in [1.82, 2.24) is 19.1 Å². The molecule has 0 radical (unpaired) electrons. The number of thioether (sulfide) groups is 1. The predicted molar refractivity (Wildman–Crippen MR) is 86.0 cm³/mol. The van der Waals surface area contributed by atoms with E-state index in [9.17, 15) is 9.59 Å². The summed E-state index contributed by atoms with van der Waals surface area (Å²) in [5.41, 5.74) is 0.780. The topological polar surface area (TPSA) is 69.8 Å². The van der Waals surface area contributed by atoms with Gasteiger partial charge in [0.15, 0.2) is 0 Å². The van der Waals surface area contributed by atoms with E-state index in [2.05, 4.69) is 9.97 Å². The molecule has 0 unspecified atom stereocenters. The Morgan fingerprint density at radius 2 is 1.95 bits per heavy atom. The van der Waals surface area contributed by atoms with Gasteiger partial charge in [0.25, 0.3) is 5.56 Å². The fourth-order valence-corrected chi connectivity index (χ4v) is 3.20. The molecule has 112 valence electrons. The molecule has 0 N–H and O–H groups in total. The van der Waals surface area contributed by atoms with Crippen molar-refractivity contribution >= 4 is 22.8 Å². The van der Waals surface area contributed by atoms with Crippen molar-refractivity contribution in [1.29, 1.82) is 0 Å². The number of aryl methyl sites for hydroxylation is 1. The van der Waals surface area contributed by atoms with Crippen LogP contribution in [0, 0.1) is 0 Å². The number of rotatable bonds is 3. The molecule has 0 saturated heterocycles. The minimum Gasteiger partial charge on any atom is -0.280 e. The zero-order valence-electron chi connectivity index (χ0n) is 12.2. The first kappa shape index (κ1) is 14.5. The van der Waals surface area contributed by atoms with E-state index in [4.69, 9.17) is 0 Å². The third-order valence-corrected chi connectivity index (χ3v) is 4.55. The lowest BCUT2D eigenvalue weighted by Crippen LogP contribution is -2.37. The SMILES string of the molecule is Cn1c(=O)c2c(SCc3cccnc3)ccnc2n(C)c1=O. The van der Waals surface area contributed by atoms with E-state index in [1.165, 1.54) is 23.4 Å². The highest BCUT2D eigenvalue weighted by Gasteiger charge is 2.13. The van der Waals surface area contributed by atoms with Gasteiger partial charge in [-0.05, 0) is 17.7 Å². The van der Waals surface area contributed by atoms with Crippen LogP contribution in [-0.4, -0.2) is 19.1 Å². The lowest BCUT2D eigenvalue weighted by Gasteiger charge is -2.09. The molecule has 3 aromatic heterocycles. The van der Waals surface area contributed by atoms with E-state index in [-0.39, 0.29) is 11.2 Å². The molecule has 0 spiro atoms. The van der Waals surface area contributed by atoms with Gasteiger partial charge in [0.1, 0.15) is 5.65 Å². The maximum atomic E-state index is 12.4. The molecule has 7 heteroatoms. The zero-order chi connectivity index (χ0) is 15.7. The smallest absolute Gasteiger partial charge is 0.280 e. The van der Waals surface area contributed by atoms with Crippen molar-refractivity contribution < 1.29 is 0 Å². The Balaban J connectivity index is 2.11. The van der Waals surface area contributed by atoms with Gasteiger partial charge in [-0.25, -0.2) is 9.78 Å². The molecule has 0 aromatic carbocycles. The van der Waals surface area contributed by atoms with Crippen LogP contribution in [0.4, 0.5) is 0 Å². The molecule has 0 aliphatic carbocycles. The average molecular weight is 314 g/mol. The number of nitrogens with zero attached hydrogens (tertiary/aromatic N) is 4. The fraction of sp³-hybridized carbons (Fsp3) is 0.200. The highest BCUT2D eigenvalue weighted by molar-refractivity contribution is 7.98. The molecule has 0 amide bonds. The van der Waals surface area contributed by atoms with Crippen LogP contribution in [0.1, 0.15) is 5.56 Å². The molecule has 3 rings (SSSR count). The van der Waals surface area contributed by atoms with Gasteiger partial charge in [-0.15, -0.1) is 11.8 Å². The molecular formula is C15H14N4O2S. The summed E-state index contributed by atoms with van der Waals surface area (Å²) in [7, 11) is 3.10. The molecule has 22 heavy (non-hydrogen) atoms. The van der Waals surface area contributed by atoms with Crippen molar-refractivity contribution in [3.63, 3.8) is 0 Å². The van der Waals surface area contributed by atoms with Gasteiger partial charge >= 0.3 is 5.69 Å². The molecule has 0 fully saturated rings. The normalized spacial score (nSPS) is 11.0. The highest BCUT2D eigenvalue weighted by atomic mass is 32.2. The second-order valence-electron chi connectivity index (χ2n) is 4.86. The summed E-state index contributed by atoms with van der Waals surface area (Å²) in [6.07, 6.45) is 5.14. The first-order valence-electron chi connectivity index (χ1n) is 6.66. The van der Waals surface area contributed by atoms with Crippen molar-refractivity contribution in [2.24, 2.45) is 14.1 Å². The predicted octanol–water partition coefficient (Wildman–Crippen LogP) is 1.32. The van der Waals surface area contributed by atoms with E-state index in [0.717, 1.165) is 15.0 Å². The van der Waals surface area contributed by atoms with Gasteiger partial charge in [0.2, 0.25) is 0 Å². The van der Waals surface area contributed by atoms with Crippen molar-refractivity contribution in [2.45, 2.75) is 10.6 Å². The molecule has 0 saturated carbocycles. The standard InChI is InChI=1S/C15H14N4O2S/c1-18-13-12(14(20)19(2)15(18)21)11(5-7-17-13)22-9-10-4-3-6-16-8-10/h3-8H,9H2,1-2H3. The Labute approximate surface area is 130 Å². The van der Waals surface area contributed by atoms with Crippen LogP contribution in [0.3, 0.4) is 0 Å². The second-order valence-corrected chi connectivity index (χ2v) is 5.88. The van der Waals surface area contributed by atoms with Crippen molar-refractivity contribution in [2.75, 3.05) is 0 Å². The lowest BCUT2D eigenvalue weighted by atomic mass is 10.3. The second kappa shape index (κ2) is 5.76. The van der Waals surface area contributed by atoms with Crippen molar-refractivity contribution in [3.8, 4) is 0 Å². The summed E-state index contributed by atoms with van der Waals surface area (Å²) in [4.78, 5) is 33.5. The number of pyridine rings is 2. The summed E-state index contributed by atoms with van der Waals surface area (Å²) in [5, 5.41) is 0.473. The zero-order valence-corrected chi connectivity index (χ0v) is 13.0. The van der Waals surface area contributed by atoms with E-state index < -0.39 is 0 Å². The van der Waals surface area contributed by atoms with Crippen LogP contribution in [0.2, 0.25) is 0 Å². The van der Waals surface area contributed by atoms with Gasteiger partial charge in [-0.2, -0.15) is 0 Å². The molecule has 0 aliphatic rings. The van der Waals surface area contributed by atoms with E-state index in [0.29, 0.717) is 16.8 Å². The van der Waals surface area contributed by atoms with Crippen LogP contribution in [0.5, 0.6) is 0 Å². The van der Waals surface area contributed by atoms with Gasteiger partial charge in [-0.3, -0.25) is 18.9 Å². The highest BCUT2D eigenvalue weighted by Crippen LogP contribution is 2.26. The maximum absolute atomic E-state index is 12.4. The summed E-state index contributed by atoms with van der Waals surface area (Å²) < 4.78 is 2.50. The van der Waals surface area contributed by atoms with Crippen LogP contribution in [-0.2, 0) is 19.8 Å². The van der Waals surface area contributed by atoms with Gasteiger partial charge in [-0.1, -0.05) is 6.07 Å². The number of hydrogen-bond donors (Lipinski definition) is 0. The minimum absolute atomic E-state index is 0.320. The molecule has 0 aliphatic heterocycles. The Kier molecular flexibility index (Phi) is 3.81. The Morgan fingerprint density at radius 1 is 1.14 bits per heavy atom. The Bertz CT molecular complexity index is 947. The maximum Gasteiger partial charge on any atom is 0.332 e. The average Bonchev–Trinajstić information content (AvgIpc) is 2.56. The van der Waals surface area contributed by atoms with E-state index in [1.54, 1.807) is 31.7 Å². The molecule has 3 heterocycles.